The van der Waals surface area contributed by atoms with Crippen molar-refractivity contribution in [1.82, 2.24) is 4.31 Å². The molecule has 0 aliphatic heterocycles. The van der Waals surface area contributed by atoms with Crippen molar-refractivity contribution in [2.24, 2.45) is 5.73 Å². The van der Waals surface area contributed by atoms with Crippen LogP contribution in [-0.4, -0.2) is 36.6 Å². The van der Waals surface area contributed by atoms with Gasteiger partial charge in [0.05, 0.1) is 5.25 Å². The van der Waals surface area contributed by atoms with Crippen molar-refractivity contribution in [2.45, 2.75) is 94.9 Å². The van der Waals surface area contributed by atoms with Crippen LogP contribution in [0, 0.1) is 0 Å². The van der Waals surface area contributed by atoms with Gasteiger partial charge in [-0.1, -0.05) is 45.4 Å². The topological polar surface area (TPSA) is 63.4 Å². The summed E-state index contributed by atoms with van der Waals surface area (Å²) in [7, 11) is -3.25. The van der Waals surface area contributed by atoms with Crippen LogP contribution in [0.5, 0.6) is 0 Å². The molecule has 0 aromatic carbocycles. The average molecular weight is 317 g/mol. The Morgan fingerprint density at radius 1 is 0.952 bits per heavy atom. The van der Waals surface area contributed by atoms with E-state index in [1.807, 2.05) is 11.2 Å². The van der Waals surface area contributed by atoms with Gasteiger partial charge in [-0.2, -0.15) is 4.31 Å². The molecule has 1 unspecified atom stereocenters. The van der Waals surface area contributed by atoms with Gasteiger partial charge in [-0.3, -0.25) is 0 Å². The van der Waals surface area contributed by atoms with Crippen molar-refractivity contribution < 1.29 is 8.42 Å². The fourth-order valence-electron chi connectivity index (χ4n) is 4.06. The van der Waals surface area contributed by atoms with Gasteiger partial charge in [0.2, 0.25) is 10.0 Å². The second-order valence-electron chi connectivity index (χ2n) is 6.72. The van der Waals surface area contributed by atoms with E-state index in [1.165, 1.54) is 38.5 Å². The SMILES string of the molecule is CCC(CN)S(=O)(=O)N(C1CCCCC1)C1CCCCC1. The zero-order valence-electron chi connectivity index (χ0n) is 13.5. The van der Waals surface area contributed by atoms with E-state index >= 15 is 0 Å². The third kappa shape index (κ3) is 3.99. The second-order valence-corrected chi connectivity index (χ2v) is 8.84. The number of sulfonamides is 1. The van der Waals surface area contributed by atoms with Gasteiger partial charge >= 0.3 is 0 Å². The van der Waals surface area contributed by atoms with Crippen LogP contribution in [0.25, 0.3) is 0 Å². The lowest BCUT2D eigenvalue weighted by Gasteiger charge is -2.42. The van der Waals surface area contributed by atoms with Crippen molar-refractivity contribution in [3.05, 3.63) is 0 Å². The standard InChI is InChI=1S/C16H32N2O2S/c1-2-16(13-17)21(19,20)18(14-9-5-3-6-10-14)15-11-7-4-8-12-15/h14-16H,2-13,17H2,1H3. The molecule has 5 heteroatoms. The maximum Gasteiger partial charge on any atom is 0.218 e. The molecule has 0 aromatic rings. The Morgan fingerprint density at radius 3 is 1.71 bits per heavy atom. The molecular formula is C16H32N2O2S. The second kappa shape index (κ2) is 7.93. The Labute approximate surface area is 130 Å². The number of nitrogens with zero attached hydrogens (tertiary/aromatic N) is 1. The predicted octanol–water partition coefficient (Wildman–Crippen LogP) is 3.02. The zero-order chi connectivity index (χ0) is 15.3. The van der Waals surface area contributed by atoms with Gasteiger partial charge in [-0.15, -0.1) is 0 Å². The molecule has 2 rings (SSSR count). The van der Waals surface area contributed by atoms with E-state index in [2.05, 4.69) is 0 Å². The van der Waals surface area contributed by atoms with Gasteiger partial charge in [-0.25, -0.2) is 8.42 Å². The Hall–Kier alpha value is -0.130. The van der Waals surface area contributed by atoms with E-state index in [0.29, 0.717) is 6.42 Å². The van der Waals surface area contributed by atoms with E-state index < -0.39 is 15.3 Å². The van der Waals surface area contributed by atoms with Gasteiger partial charge in [0.1, 0.15) is 0 Å². The summed E-state index contributed by atoms with van der Waals surface area (Å²) in [6, 6.07) is 0.458. The maximum atomic E-state index is 13.1. The first-order valence-electron chi connectivity index (χ1n) is 8.83. The molecule has 0 amide bonds. The quantitative estimate of drug-likeness (QED) is 0.819. The molecule has 1 atom stereocenters. The lowest BCUT2D eigenvalue weighted by Crippen LogP contribution is -2.53. The van der Waals surface area contributed by atoms with Crippen molar-refractivity contribution in [2.75, 3.05) is 6.54 Å². The summed E-state index contributed by atoms with van der Waals surface area (Å²) in [6.45, 7) is 2.18. The molecule has 2 aliphatic rings. The summed E-state index contributed by atoms with van der Waals surface area (Å²) >= 11 is 0. The molecule has 124 valence electrons. The van der Waals surface area contributed by atoms with Crippen molar-refractivity contribution >= 4 is 10.0 Å². The smallest absolute Gasteiger partial charge is 0.218 e. The lowest BCUT2D eigenvalue weighted by molar-refractivity contribution is 0.168. The molecule has 0 spiro atoms. The van der Waals surface area contributed by atoms with Crippen molar-refractivity contribution in [3.63, 3.8) is 0 Å². The summed E-state index contributed by atoms with van der Waals surface area (Å²) in [4.78, 5) is 0. The minimum Gasteiger partial charge on any atom is -0.329 e. The van der Waals surface area contributed by atoms with Gasteiger partial charge in [0.25, 0.3) is 0 Å². The molecule has 2 aliphatic carbocycles. The van der Waals surface area contributed by atoms with Crippen LogP contribution in [-0.2, 0) is 10.0 Å². The highest BCUT2D eigenvalue weighted by Crippen LogP contribution is 2.33. The molecule has 4 nitrogen and oxygen atoms in total. The first kappa shape index (κ1) is 17.2. The third-order valence-corrected chi connectivity index (χ3v) is 7.85. The van der Waals surface area contributed by atoms with Crippen LogP contribution >= 0.6 is 0 Å². The normalized spacial score (nSPS) is 24.3. The van der Waals surface area contributed by atoms with Crippen LogP contribution in [0.3, 0.4) is 0 Å². The minimum absolute atomic E-state index is 0.229. The third-order valence-electron chi connectivity index (χ3n) is 5.30. The Balaban J connectivity index is 2.25. The van der Waals surface area contributed by atoms with E-state index in [4.69, 9.17) is 5.73 Å². The van der Waals surface area contributed by atoms with Crippen molar-refractivity contribution in [1.29, 1.82) is 0 Å². The molecule has 2 fully saturated rings. The lowest BCUT2D eigenvalue weighted by atomic mass is 9.91. The number of hydrogen-bond donors (Lipinski definition) is 1. The fraction of sp³-hybridized carbons (Fsp3) is 1.00. The van der Waals surface area contributed by atoms with Gasteiger partial charge < -0.3 is 5.73 Å². The highest BCUT2D eigenvalue weighted by atomic mass is 32.2. The van der Waals surface area contributed by atoms with Crippen LogP contribution in [0.1, 0.15) is 77.6 Å². The van der Waals surface area contributed by atoms with E-state index in [-0.39, 0.29) is 18.6 Å². The molecule has 0 aromatic heterocycles. The van der Waals surface area contributed by atoms with Crippen LogP contribution < -0.4 is 5.73 Å². The molecule has 0 bridgehead atoms. The summed E-state index contributed by atoms with van der Waals surface area (Å²) in [5.74, 6) is 0. The molecule has 21 heavy (non-hydrogen) atoms. The summed E-state index contributed by atoms with van der Waals surface area (Å²) in [5.41, 5.74) is 5.76. The van der Waals surface area contributed by atoms with Crippen LogP contribution in [0.4, 0.5) is 0 Å². The first-order valence-corrected chi connectivity index (χ1v) is 10.3. The molecule has 0 heterocycles. The number of nitrogens with two attached hydrogens (primary N) is 1. The van der Waals surface area contributed by atoms with Gasteiger partial charge in [0.15, 0.2) is 0 Å². The highest BCUT2D eigenvalue weighted by molar-refractivity contribution is 7.89. The number of rotatable bonds is 6. The minimum atomic E-state index is -3.25. The largest absolute Gasteiger partial charge is 0.329 e. The molecule has 2 saturated carbocycles. The van der Waals surface area contributed by atoms with E-state index in [9.17, 15) is 8.42 Å². The molecular weight excluding hydrogens is 284 g/mol. The van der Waals surface area contributed by atoms with Crippen LogP contribution in [0.2, 0.25) is 0 Å². The summed E-state index contributed by atoms with van der Waals surface area (Å²) in [5, 5.41) is -0.402. The monoisotopic (exact) mass is 316 g/mol. The van der Waals surface area contributed by atoms with E-state index in [0.717, 1.165) is 25.7 Å². The average Bonchev–Trinajstić information content (AvgIpc) is 2.50. The Bertz CT molecular complexity index is 377. The van der Waals surface area contributed by atoms with Crippen LogP contribution in [0.15, 0.2) is 0 Å². The first-order chi connectivity index (χ1) is 10.1. The predicted molar refractivity (Wildman–Crippen MR) is 87.6 cm³/mol. The molecule has 0 saturated heterocycles. The molecule has 2 N–H and O–H groups in total. The number of hydrogen-bond acceptors (Lipinski definition) is 3. The summed E-state index contributed by atoms with van der Waals surface area (Å²) < 4.78 is 28.2. The maximum absolute atomic E-state index is 13.1. The van der Waals surface area contributed by atoms with Crippen molar-refractivity contribution in [3.8, 4) is 0 Å². The Morgan fingerprint density at radius 2 is 1.38 bits per heavy atom. The van der Waals surface area contributed by atoms with E-state index in [1.54, 1.807) is 0 Å². The summed E-state index contributed by atoms with van der Waals surface area (Å²) in [6.07, 6.45) is 12.0. The molecule has 0 radical (unpaired) electrons. The van der Waals surface area contributed by atoms with Gasteiger partial charge in [-0.05, 0) is 32.1 Å². The zero-order valence-corrected chi connectivity index (χ0v) is 14.3. The Kier molecular flexibility index (Phi) is 6.51. The van der Waals surface area contributed by atoms with Gasteiger partial charge in [0, 0.05) is 18.6 Å². The highest BCUT2D eigenvalue weighted by Gasteiger charge is 2.40. The fourth-order valence-corrected chi connectivity index (χ4v) is 6.32.